The number of fused-ring (bicyclic) bond motifs is 1. The van der Waals surface area contributed by atoms with Crippen LogP contribution >= 0.6 is 0 Å². The molecule has 2 N–H and O–H groups in total. The molecule has 1 heterocycles. The summed E-state index contributed by atoms with van der Waals surface area (Å²) in [6.07, 6.45) is -2.87. The van der Waals surface area contributed by atoms with Gasteiger partial charge in [0.1, 0.15) is 0 Å². The molecular weight excluding hydrogens is 427 g/mol. The smallest absolute Gasteiger partial charge is 0.454 e. The molecule has 2 amide bonds. The molecule has 0 saturated heterocycles. The van der Waals surface area contributed by atoms with E-state index in [2.05, 4.69) is 10.5 Å². The third kappa shape index (κ3) is 6.22. The van der Waals surface area contributed by atoms with E-state index in [1.807, 2.05) is 18.3 Å². The summed E-state index contributed by atoms with van der Waals surface area (Å²) in [5.74, 6) is -1.48. The van der Waals surface area contributed by atoms with E-state index in [9.17, 15) is 22.8 Å². The van der Waals surface area contributed by atoms with Crippen molar-refractivity contribution in [3.63, 3.8) is 0 Å². The topological polar surface area (TPSA) is 89.0 Å². The largest absolute Gasteiger partial charge is 0.471 e. The molecule has 170 valence electrons. The molecule has 2 aromatic rings. The number of carbonyl (C=O) groups is 2. The number of aryl methyl sites for hydroxylation is 1. The fourth-order valence-electron chi connectivity index (χ4n) is 3.05. The van der Waals surface area contributed by atoms with Crippen LogP contribution in [0.5, 0.6) is 11.5 Å². The van der Waals surface area contributed by atoms with E-state index in [4.69, 9.17) is 9.47 Å². The summed E-state index contributed by atoms with van der Waals surface area (Å²) in [5, 5.41) is 5.71. The molecule has 1 atom stereocenters. The molecule has 1 aliphatic rings. The van der Waals surface area contributed by atoms with Gasteiger partial charge < -0.3 is 14.8 Å². The highest BCUT2D eigenvalue weighted by Crippen LogP contribution is 2.32. The second-order valence-corrected chi connectivity index (χ2v) is 7.06. The van der Waals surface area contributed by atoms with Crippen LogP contribution in [0, 0.1) is 0 Å². The third-order valence-electron chi connectivity index (χ3n) is 4.79. The Balaban J connectivity index is 1.59. The lowest BCUT2D eigenvalue weighted by atomic mass is 10.0. The fraction of sp³-hybridized carbons (Fsp3) is 0.318. The first-order valence-corrected chi connectivity index (χ1v) is 9.91. The van der Waals surface area contributed by atoms with Gasteiger partial charge in [0, 0.05) is 12.6 Å². The zero-order chi connectivity index (χ0) is 23.1. The van der Waals surface area contributed by atoms with Gasteiger partial charge in [-0.1, -0.05) is 37.3 Å². The summed E-state index contributed by atoms with van der Waals surface area (Å²) in [6.45, 7) is 2.10. The molecule has 0 radical (unpaired) electrons. The normalized spacial score (nSPS) is 13.8. The number of alkyl halides is 3. The van der Waals surface area contributed by atoms with E-state index in [0.717, 1.165) is 17.5 Å². The van der Waals surface area contributed by atoms with Crippen LogP contribution < -0.4 is 20.2 Å². The zero-order valence-electron chi connectivity index (χ0n) is 17.2. The molecule has 1 aliphatic heterocycles. The van der Waals surface area contributed by atoms with E-state index < -0.39 is 30.5 Å². The maximum atomic E-state index is 12.7. The summed E-state index contributed by atoms with van der Waals surface area (Å²) in [4.78, 5) is 23.7. The van der Waals surface area contributed by atoms with Crippen LogP contribution in [0.1, 0.15) is 36.1 Å². The first-order chi connectivity index (χ1) is 15.3. The Labute approximate surface area is 182 Å². The van der Waals surface area contributed by atoms with Gasteiger partial charge in [-0.05, 0) is 35.2 Å². The van der Waals surface area contributed by atoms with E-state index in [-0.39, 0.29) is 6.79 Å². The molecule has 0 spiro atoms. The molecule has 10 heteroatoms. The number of hydrazone groups is 1. The van der Waals surface area contributed by atoms with Gasteiger partial charge in [-0.25, -0.2) is 5.43 Å². The maximum absolute atomic E-state index is 12.7. The van der Waals surface area contributed by atoms with Crippen LogP contribution in [0.4, 0.5) is 13.2 Å². The Morgan fingerprint density at radius 1 is 1.09 bits per heavy atom. The predicted molar refractivity (Wildman–Crippen MR) is 110 cm³/mol. The number of halogens is 3. The summed E-state index contributed by atoms with van der Waals surface area (Å²) >= 11 is 0. The lowest BCUT2D eigenvalue weighted by Crippen LogP contribution is -2.40. The molecule has 0 unspecified atom stereocenters. The minimum absolute atomic E-state index is 0.163. The standard InChI is InChI=1S/C22H22F3N3O4/c1-2-14-3-6-16(7-4-14)17(27-21(30)22(23,24)25)12-20(29)28-26-10-9-15-5-8-18-19(11-15)32-13-31-18/h3-8,10-11,17H,2,9,12-13H2,1H3,(H,27,30)(H,28,29)/b26-10-/t17-/m0/s1. The highest BCUT2D eigenvalue weighted by molar-refractivity contribution is 5.83. The first-order valence-electron chi connectivity index (χ1n) is 9.91. The van der Waals surface area contributed by atoms with Gasteiger partial charge in [-0.2, -0.15) is 18.3 Å². The van der Waals surface area contributed by atoms with Gasteiger partial charge in [-0.3, -0.25) is 9.59 Å². The van der Waals surface area contributed by atoms with E-state index in [1.54, 1.807) is 36.4 Å². The number of rotatable bonds is 8. The Hall–Kier alpha value is -3.56. The monoisotopic (exact) mass is 449 g/mol. The van der Waals surface area contributed by atoms with Crippen LogP contribution in [0.3, 0.4) is 0 Å². The van der Waals surface area contributed by atoms with Crippen molar-refractivity contribution in [3.8, 4) is 11.5 Å². The Morgan fingerprint density at radius 3 is 2.47 bits per heavy atom. The van der Waals surface area contributed by atoms with Gasteiger partial charge >= 0.3 is 12.1 Å². The van der Waals surface area contributed by atoms with Crippen molar-refractivity contribution in [3.05, 3.63) is 59.2 Å². The van der Waals surface area contributed by atoms with E-state index in [1.165, 1.54) is 6.21 Å². The van der Waals surface area contributed by atoms with Crippen LogP contribution in [-0.2, 0) is 22.4 Å². The van der Waals surface area contributed by atoms with E-state index >= 15 is 0 Å². The van der Waals surface area contributed by atoms with Crippen molar-refractivity contribution in [1.29, 1.82) is 0 Å². The van der Waals surface area contributed by atoms with Gasteiger partial charge in [0.2, 0.25) is 12.7 Å². The molecular formula is C22H22F3N3O4. The van der Waals surface area contributed by atoms with Gasteiger partial charge in [-0.15, -0.1) is 0 Å². The van der Waals surface area contributed by atoms with Crippen molar-refractivity contribution in [1.82, 2.24) is 10.7 Å². The first kappa shape index (κ1) is 23.1. The number of hydrogen-bond donors (Lipinski definition) is 2. The average molecular weight is 449 g/mol. The Bertz CT molecular complexity index is 991. The Kier molecular flexibility index (Phi) is 7.34. The molecule has 3 rings (SSSR count). The van der Waals surface area contributed by atoms with Gasteiger partial charge in [0.05, 0.1) is 12.5 Å². The minimum atomic E-state index is -5.05. The molecule has 0 bridgehead atoms. The number of nitrogens with zero attached hydrogens (tertiary/aromatic N) is 1. The van der Waals surface area contributed by atoms with Crippen molar-refractivity contribution in [2.45, 2.75) is 38.4 Å². The summed E-state index contributed by atoms with van der Waals surface area (Å²) in [6, 6.07) is 10.9. The number of benzene rings is 2. The molecule has 2 aromatic carbocycles. The highest BCUT2D eigenvalue weighted by Gasteiger charge is 2.40. The number of hydrogen-bond acceptors (Lipinski definition) is 5. The lowest BCUT2D eigenvalue weighted by molar-refractivity contribution is -0.174. The summed E-state index contributed by atoms with van der Waals surface area (Å²) < 4.78 is 48.7. The highest BCUT2D eigenvalue weighted by atomic mass is 19.4. The van der Waals surface area contributed by atoms with Crippen molar-refractivity contribution in [2.75, 3.05) is 6.79 Å². The average Bonchev–Trinajstić information content (AvgIpc) is 3.23. The number of ether oxygens (including phenoxy) is 2. The lowest BCUT2D eigenvalue weighted by Gasteiger charge is -2.19. The number of amides is 2. The SMILES string of the molecule is CCc1ccc([C@H](CC(=O)N/N=C\Cc2ccc3c(c2)OCO3)NC(=O)C(F)(F)F)cc1. The van der Waals surface area contributed by atoms with E-state index in [0.29, 0.717) is 23.5 Å². The Morgan fingerprint density at radius 2 is 1.78 bits per heavy atom. The molecule has 0 fully saturated rings. The quantitative estimate of drug-likeness (QED) is 0.477. The van der Waals surface area contributed by atoms with Crippen LogP contribution in [-0.4, -0.2) is 31.0 Å². The molecule has 32 heavy (non-hydrogen) atoms. The number of nitrogens with one attached hydrogen (secondary N) is 2. The maximum Gasteiger partial charge on any atom is 0.471 e. The molecule has 0 saturated carbocycles. The zero-order valence-corrected chi connectivity index (χ0v) is 17.2. The van der Waals surface area contributed by atoms with Crippen molar-refractivity contribution in [2.24, 2.45) is 5.10 Å². The minimum Gasteiger partial charge on any atom is -0.454 e. The summed E-state index contributed by atoms with van der Waals surface area (Å²) in [5.41, 5.74) is 4.52. The van der Waals surface area contributed by atoms with Crippen LogP contribution in [0.15, 0.2) is 47.6 Å². The van der Waals surface area contributed by atoms with Gasteiger partial charge in [0.15, 0.2) is 11.5 Å². The van der Waals surface area contributed by atoms with Crippen molar-refractivity contribution >= 4 is 18.0 Å². The fourth-order valence-corrected chi connectivity index (χ4v) is 3.05. The summed E-state index contributed by atoms with van der Waals surface area (Å²) in [7, 11) is 0. The van der Waals surface area contributed by atoms with Crippen LogP contribution in [0.25, 0.3) is 0 Å². The molecule has 0 aromatic heterocycles. The molecule has 0 aliphatic carbocycles. The van der Waals surface area contributed by atoms with Gasteiger partial charge in [0.25, 0.3) is 0 Å². The number of carbonyl (C=O) groups excluding carboxylic acids is 2. The third-order valence-corrected chi connectivity index (χ3v) is 4.79. The predicted octanol–water partition coefficient (Wildman–Crippen LogP) is 3.43. The van der Waals surface area contributed by atoms with Crippen molar-refractivity contribution < 1.29 is 32.2 Å². The second-order valence-electron chi connectivity index (χ2n) is 7.06. The van der Waals surface area contributed by atoms with Crippen LogP contribution in [0.2, 0.25) is 0 Å². The molecule has 7 nitrogen and oxygen atoms in total. The second kappa shape index (κ2) is 10.2.